The minimum atomic E-state index is 0.606. The van der Waals surface area contributed by atoms with Crippen LogP contribution < -0.4 is 5.32 Å². The Morgan fingerprint density at radius 3 is 3.05 bits per heavy atom. The van der Waals surface area contributed by atoms with Crippen molar-refractivity contribution in [1.82, 2.24) is 4.98 Å². The summed E-state index contributed by atoms with van der Waals surface area (Å²) < 4.78 is 5.45. The van der Waals surface area contributed by atoms with Gasteiger partial charge in [0.05, 0.1) is 18.7 Å². The fourth-order valence-electron chi connectivity index (χ4n) is 1.78. The first-order chi connectivity index (χ1) is 9.16. The van der Waals surface area contributed by atoms with Crippen LogP contribution in [0.25, 0.3) is 10.9 Å². The third-order valence-electron chi connectivity index (χ3n) is 2.62. The first-order valence-corrected chi connectivity index (χ1v) is 6.55. The Kier molecular flexibility index (Phi) is 4.77. The number of halogens is 1. The molecule has 0 saturated carbocycles. The van der Waals surface area contributed by atoms with Crippen molar-refractivity contribution in [2.24, 2.45) is 0 Å². The van der Waals surface area contributed by atoms with Gasteiger partial charge in [0.25, 0.3) is 0 Å². The maximum absolute atomic E-state index is 5.96. The van der Waals surface area contributed by atoms with Crippen molar-refractivity contribution in [3.8, 4) is 0 Å². The fourth-order valence-corrected chi connectivity index (χ4v) is 1.95. The van der Waals surface area contributed by atoms with Crippen LogP contribution in [0.3, 0.4) is 0 Å². The van der Waals surface area contributed by atoms with Crippen LogP contribution >= 0.6 is 11.6 Å². The van der Waals surface area contributed by atoms with Crippen LogP contribution in [0.15, 0.2) is 42.6 Å². The maximum atomic E-state index is 5.96. The van der Waals surface area contributed by atoms with Crippen molar-refractivity contribution in [2.75, 3.05) is 25.1 Å². The van der Waals surface area contributed by atoms with Crippen LogP contribution in [0.1, 0.15) is 6.92 Å². The maximum Gasteiger partial charge on any atom is 0.0737 e. The van der Waals surface area contributed by atoms with Gasteiger partial charge in [-0.25, -0.2) is 0 Å². The van der Waals surface area contributed by atoms with Gasteiger partial charge in [-0.2, -0.15) is 0 Å². The molecular formula is C15H17ClN2O. The molecule has 0 fully saturated rings. The molecule has 3 nitrogen and oxygen atoms in total. The molecule has 0 atom stereocenters. The molecular weight excluding hydrogens is 260 g/mol. The molecule has 19 heavy (non-hydrogen) atoms. The van der Waals surface area contributed by atoms with Gasteiger partial charge >= 0.3 is 0 Å². The molecule has 0 amide bonds. The third-order valence-corrected chi connectivity index (χ3v) is 2.85. The Balaban J connectivity index is 1.99. The minimum absolute atomic E-state index is 0.606. The molecule has 0 aliphatic heterocycles. The van der Waals surface area contributed by atoms with Gasteiger partial charge < -0.3 is 10.1 Å². The molecule has 0 bridgehead atoms. The van der Waals surface area contributed by atoms with E-state index >= 15 is 0 Å². The molecule has 1 aromatic heterocycles. The Morgan fingerprint density at radius 2 is 2.26 bits per heavy atom. The summed E-state index contributed by atoms with van der Waals surface area (Å²) in [4.78, 5) is 4.30. The number of anilines is 1. The van der Waals surface area contributed by atoms with Crippen molar-refractivity contribution in [2.45, 2.75) is 6.92 Å². The Morgan fingerprint density at radius 1 is 1.42 bits per heavy atom. The lowest BCUT2D eigenvalue weighted by Crippen LogP contribution is -2.10. The number of hydrogen-bond acceptors (Lipinski definition) is 3. The van der Waals surface area contributed by atoms with Gasteiger partial charge in [0.2, 0.25) is 0 Å². The summed E-state index contributed by atoms with van der Waals surface area (Å²) in [7, 11) is 0. The van der Waals surface area contributed by atoms with E-state index in [0.717, 1.165) is 28.7 Å². The van der Waals surface area contributed by atoms with E-state index in [0.29, 0.717) is 18.2 Å². The van der Waals surface area contributed by atoms with Crippen LogP contribution in [0, 0.1) is 0 Å². The van der Waals surface area contributed by atoms with Crippen molar-refractivity contribution in [3.63, 3.8) is 0 Å². The van der Waals surface area contributed by atoms with Crippen molar-refractivity contribution < 1.29 is 4.74 Å². The highest BCUT2D eigenvalue weighted by molar-refractivity contribution is 6.31. The lowest BCUT2D eigenvalue weighted by molar-refractivity contribution is 0.167. The monoisotopic (exact) mass is 276 g/mol. The number of benzene rings is 1. The largest absolute Gasteiger partial charge is 0.382 e. The number of rotatable bonds is 6. The van der Waals surface area contributed by atoms with E-state index < -0.39 is 0 Å². The van der Waals surface area contributed by atoms with Gasteiger partial charge in [-0.05, 0) is 31.2 Å². The lowest BCUT2D eigenvalue weighted by atomic mass is 10.2. The average molecular weight is 277 g/mol. The molecule has 2 aromatic rings. The molecule has 0 spiro atoms. The van der Waals surface area contributed by atoms with E-state index in [1.165, 1.54) is 0 Å². The molecule has 2 rings (SSSR count). The van der Waals surface area contributed by atoms with Crippen molar-refractivity contribution in [3.05, 3.63) is 47.6 Å². The normalized spacial score (nSPS) is 10.6. The summed E-state index contributed by atoms with van der Waals surface area (Å²) in [5, 5.41) is 5.10. The Bertz CT molecular complexity index is 583. The lowest BCUT2D eigenvalue weighted by Gasteiger charge is -2.10. The zero-order chi connectivity index (χ0) is 13.7. The number of fused-ring (bicyclic) bond motifs is 1. The Hall–Kier alpha value is -1.58. The number of nitrogens with zero attached hydrogens (tertiary/aromatic N) is 1. The van der Waals surface area contributed by atoms with Crippen LogP contribution in [0.4, 0.5) is 5.69 Å². The van der Waals surface area contributed by atoms with Crippen molar-refractivity contribution in [1.29, 1.82) is 0 Å². The van der Waals surface area contributed by atoms with E-state index in [-0.39, 0.29) is 0 Å². The Labute approximate surface area is 118 Å². The van der Waals surface area contributed by atoms with E-state index in [1.807, 2.05) is 31.2 Å². The molecule has 1 N–H and O–H groups in total. The molecule has 1 aromatic carbocycles. The highest BCUT2D eigenvalue weighted by Crippen LogP contribution is 2.24. The van der Waals surface area contributed by atoms with Crippen LogP contribution in [-0.2, 0) is 4.74 Å². The number of hydrogen-bond donors (Lipinski definition) is 1. The van der Waals surface area contributed by atoms with Gasteiger partial charge in [0.1, 0.15) is 0 Å². The van der Waals surface area contributed by atoms with Gasteiger partial charge in [-0.1, -0.05) is 23.8 Å². The SMILES string of the molecule is C=C(C)COCCNc1ccnc2cc(Cl)ccc12. The summed E-state index contributed by atoms with van der Waals surface area (Å²) in [6.45, 7) is 7.74. The van der Waals surface area contributed by atoms with E-state index in [4.69, 9.17) is 16.3 Å². The molecule has 0 unspecified atom stereocenters. The zero-order valence-corrected chi connectivity index (χ0v) is 11.7. The molecule has 0 aliphatic rings. The number of ether oxygens (including phenoxy) is 1. The predicted octanol–water partition coefficient (Wildman–Crippen LogP) is 3.89. The van der Waals surface area contributed by atoms with Crippen molar-refractivity contribution >= 4 is 28.2 Å². The van der Waals surface area contributed by atoms with Gasteiger partial charge in [0.15, 0.2) is 0 Å². The van der Waals surface area contributed by atoms with Gasteiger partial charge in [-0.3, -0.25) is 4.98 Å². The summed E-state index contributed by atoms with van der Waals surface area (Å²) >= 11 is 5.96. The second kappa shape index (κ2) is 6.55. The van der Waals surface area contributed by atoms with Crippen LogP contribution in [0.2, 0.25) is 5.02 Å². The van der Waals surface area contributed by atoms with Gasteiger partial charge in [-0.15, -0.1) is 0 Å². The van der Waals surface area contributed by atoms with Crippen LogP contribution in [0.5, 0.6) is 0 Å². The van der Waals surface area contributed by atoms with E-state index in [1.54, 1.807) is 6.20 Å². The summed E-state index contributed by atoms with van der Waals surface area (Å²) in [5.41, 5.74) is 2.96. The zero-order valence-electron chi connectivity index (χ0n) is 10.9. The predicted molar refractivity (Wildman–Crippen MR) is 80.9 cm³/mol. The first-order valence-electron chi connectivity index (χ1n) is 6.17. The van der Waals surface area contributed by atoms with E-state index in [9.17, 15) is 0 Å². The highest BCUT2D eigenvalue weighted by atomic mass is 35.5. The molecule has 0 saturated heterocycles. The second-order valence-electron chi connectivity index (χ2n) is 4.46. The van der Waals surface area contributed by atoms with E-state index in [2.05, 4.69) is 16.9 Å². The number of pyridine rings is 1. The smallest absolute Gasteiger partial charge is 0.0737 e. The minimum Gasteiger partial charge on any atom is -0.382 e. The topological polar surface area (TPSA) is 34.1 Å². The molecule has 0 radical (unpaired) electrons. The second-order valence-corrected chi connectivity index (χ2v) is 4.89. The molecule has 0 aliphatic carbocycles. The summed E-state index contributed by atoms with van der Waals surface area (Å²) in [6.07, 6.45) is 1.77. The number of nitrogens with one attached hydrogen (secondary N) is 1. The number of aromatic nitrogens is 1. The fraction of sp³-hybridized carbons (Fsp3) is 0.267. The molecule has 1 heterocycles. The summed E-state index contributed by atoms with van der Waals surface area (Å²) in [6, 6.07) is 7.66. The third kappa shape index (κ3) is 3.94. The molecule has 100 valence electrons. The van der Waals surface area contributed by atoms with Crippen LogP contribution in [-0.4, -0.2) is 24.7 Å². The average Bonchev–Trinajstić information content (AvgIpc) is 2.37. The standard InChI is InChI=1S/C15H17ClN2O/c1-11(2)10-19-8-7-18-14-5-6-17-15-9-12(16)3-4-13(14)15/h3-6,9H,1,7-8,10H2,2H3,(H,17,18). The highest BCUT2D eigenvalue weighted by Gasteiger charge is 2.02. The van der Waals surface area contributed by atoms with Gasteiger partial charge in [0, 0.05) is 28.8 Å². The molecule has 4 heteroatoms. The quantitative estimate of drug-likeness (QED) is 0.642. The first kappa shape index (κ1) is 13.8. The summed E-state index contributed by atoms with van der Waals surface area (Å²) in [5.74, 6) is 0.